The molecule has 0 saturated heterocycles. The van der Waals surface area contributed by atoms with E-state index in [2.05, 4.69) is 44.0 Å². The van der Waals surface area contributed by atoms with E-state index in [1.54, 1.807) is 19.2 Å². The Labute approximate surface area is 368 Å². The molecule has 2 aliphatic rings. The lowest BCUT2D eigenvalue weighted by Gasteiger charge is -2.28. The third kappa shape index (κ3) is 7.64. The molecule has 5 N–H and O–H groups in total. The first-order valence-electron chi connectivity index (χ1n) is 18.9. The minimum atomic E-state index is -0.436. The Kier molecular flexibility index (Phi) is 11.5. The highest BCUT2D eigenvalue weighted by atomic mass is 79.9. The molecule has 2 atom stereocenters. The zero-order valence-electron chi connectivity index (χ0n) is 32.8. The number of aromatic hydroxyl groups is 1. The fourth-order valence-electron chi connectivity index (χ4n) is 7.75. The predicted octanol–water partition coefficient (Wildman–Crippen LogP) is 10.9. The third-order valence-electron chi connectivity index (χ3n) is 10.6. The molecule has 9 rings (SSSR count). The lowest BCUT2D eigenvalue weighted by atomic mass is 9.82. The zero-order valence-corrected chi connectivity index (χ0v) is 36.0. The number of nitrogens with two attached hydrogens (primary N) is 2. The molecule has 7 aromatic rings. The van der Waals surface area contributed by atoms with E-state index in [9.17, 15) is 15.6 Å². The van der Waals surface area contributed by atoms with Crippen molar-refractivity contribution in [1.82, 2.24) is 0 Å². The number of halogens is 2. The molecular formula is C49H36Br2N4O6. The molecule has 302 valence electrons. The first-order valence-corrected chi connectivity index (χ1v) is 20.5. The number of fused-ring (bicyclic) bond motifs is 6. The van der Waals surface area contributed by atoms with Gasteiger partial charge in [0, 0.05) is 21.9 Å². The SMILES string of the molecule is COc1cc(C2C(C#N)=C(N)Oc3c2ccc2ccccc32)cc(Br)c1O.COc1cc(C2C(C#N)=C(N)Oc3c2ccc2ccccc32)cc(Br)c1OCc1ccccc1. The van der Waals surface area contributed by atoms with E-state index in [0.29, 0.717) is 51.0 Å². The summed E-state index contributed by atoms with van der Waals surface area (Å²) in [6, 6.07) is 45.4. The molecule has 12 heteroatoms. The van der Waals surface area contributed by atoms with Gasteiger partial charge in [0.25, 0.3) is 0 Å². The first-order chi connectivity index (χ1) is 29.6. The van der Waals surface area contributed by atoms with Gasteiger partial charge in [0.15, 0.2) is 23.0 Å². The highest BCUT2D eigenvalue weighted by Gasteiger charge is 2.34. The summed E-state index contributed by atoms with van der Waals surface area (Å²) < 4.78 is 30.1. The number of methoxy groups -OCH3 is 2. The van der Waals surface area contributed by atoms with E-state index in [1.165, 1.54) is 7.11 Å². The van der Waals surface area contributed by atoms with E-state index in [4.69, 9.17) is 35.2 Å². The number of nitriles is 2. The van der Waals surface area contributed by atoms with Crippen molar-refractivity contribution < 1.29 is 28.8 Å². The fraction of sp³-hybridized carbons (Fsp3) is 0.102. The van der Waals surface area contributed by atoms with Crippen LogP contribution in [0, 0.1) is 22.7 Å². The smallest absolute Gasteiger partial charge is 0.205 e. The van der Waals surface area contributed by atoms with Gasteiger partial charge in [-0.05, 0) is 83.6 Å². The van der Waals surface area contributed by atoms with Crippen molar-refractivity contribution in [3.8, 4) is 46.6 Å². The second-order valence-electron chi connectivity index (χ2n) is 14.1. The maximum atomic E-state index is 10.1. The summed E-state index contributed by atoms with van der Waals surface area (Å²) in [4.78, 5) is 0. The van der Waals surface area contributed by atoms with Crippen LogP contribution in [0.5, 0.6) is 34.5 Å². The van der Waals surface area contributed by atoms with Crippen molar-refractivity contribution in [2.45, 2.75) is 18.4 Å². The monoisotopic (exact) mass is 934 g/mol. The molecule has 61 heavy (non-hydrogen) atoms. The molecule has 0 amide bonds. The van der Waals surface area contributed by atoms with Crippen molar-refractivity contribution in [3.05, 3.63) is 187 Å². The summed E-state index contributed by atoms with van der Waals surface area (Å²) in [5.74, 6) is 2.11. The van der Waals surface area contributed by atoms with E-state index in [1.807, 2.05) is 115 Å². The van der Waals surface area contributed by atoms with Gasteiger partial charge in [-0.1, -0.05) is 103 Å². The van der Waals surface area contributed by atoms with Gasteiger partial charge in [-0.25, -0.2) is 0 Å². The Morgan fingerprint density at radius 3 is 1.61 bits per heavy atom. The Balaban J connectivity index is 0.000000173. The van der Waals surface area contributed by atoms with Crippen LogP contribution < -0.4 is 35.2 Å². The maximum Gasteiger partial charge on any atom is 0.205 e. The summed E-state index contributed by atoms with van der Waals surface area (Å²) in [6.07, 6.45) is 0. The standard InChI is InChI=1S/C28H21BrN2O3.C21H15BrN2O3/c1-32-24-14-19(13-23(29)27(24)33-16-17-7-3-2-4-8-17)25-21-12-11-18-9-5-6-10-20(18)26(21)34-28(31)22(25)15-30;1-26-17-9-12(8-16(22)19(17)25)18-14-7-6-11-4-2-3-5-13(11)20(14)27-21(24)15(18)10-23/h2-14,25H,16,31H2,1H3;2-9,18,25H,24H2,1H3. The van der Waals surface area contributed by atoms with Crippen LogP contribution in [0.3, 0.4) is 0 Å². The van der Waals surface area contributed by atoms with Crippen LogP contribution in [-0.4, -0.2) is 19.3 Å². The second kappa shape index (κ2) is 17.2. The zero-order chi connectivity index (χ0) is 42.8. The first kappa shape index (κ1) is 40.7. The Morgan fingerprint density at radius 2 is 1.10 bits per heavy atom. The van der Waals surface area contributed by atoms with Crippen LogP contribution in [0.15, 0.2) is 159 Å². The van der Waals surface area contributed by atoms with Gasteiger partial charge >= 0.3 is 0 Å². The van der Waals surface area contributed by atoms with E-state index >= 15 is 0 Å². The van der Waals surface area contributed by atoms with Crippen LogP contribution in [0.25, 0.3) is 21.5 Å². The minimum Gasteiger partial charge on any atom is -0.503 e. The maximum absolute atomic E-state index is 10.1. The van der Waals surface area contributed by atoms with Crippen LogP contribution in [0.4, 0.5) is 0 Å². The molecule has 0 saturated carbocycles. The van der Waals surface area contributed by atoms with Crippen LogP contribution in [-0.2, 0) is 6.61 Å². The van der Waals surface area contributed by atoms with Crippen LogP contribution in [0.1, 0.15) is 39.7 Å². The molecule has 0 fully saturated rings. The number of phenols is 1. The van der Waals surface area contributed by atoms with Crippen molar-refractivity contribution in [2.75, 3.05) is 14.2 Å². The molecule has 0 bridgehead atoms. The summed E-state index contributed by atoms with van der Waals surface area (Å²) in [5.41, 5.74) is 17.4. The number of nitrogens with zero attached hydrogens (tertiary/aromatic N) is 2. The number of ether oxygens (including phenoxy) is 5. The molecule has 10 nitrogen and oxygen atoms in total. The second-order valence-corrected chi connectivity index (χ2v) is 15.8. The summed E-state index contributed by atoms with van der Waals surface area (Å²) in [7, 11) is 3.08. The number of rotatable bonds is 7. The molecular weight excluding hydrogens is 900 g/mol. The Morgan fingerprint density at radius 1 is 0.623 bits per heavy atom. The van der Waals surface area contributed by atoms with Gasteiger partial charge in [-0.3, -0.25) is 0 Å². The van der Waals surface area contributed by atoms with Gasteiger partial charge in [0.2, 0.25) is 11.8 Å². The van der Waals surface area contributed by atoms with Crippen molar-refractivity contribution >= 4 is 53.4 Å². The van der Waals surface area contributed by atoms with Crippen molar-refractivity contribution in [2.24, 2.45) is 11.5 Å². The highest BCUT2D eigenvalue weighted by molar-refractivity contribution is 9.11. The van der Waals surface area contributed by atoms with Crippen LogP contribution >= 0.6 is 31.9 Å². The molecule has 2 unspecified atom stereocenters. The number of benzene rings is 7. The average molecular weight is 937 g/mol. The highest BCUT2D eigenvalue weighted by Crippen LogP contribution is 2.50. The summed E-state index contributed by atoms with van der Waals surface area (Å²) >= 11 is 7.00. The lowest BCUT2D eigenvalue weighted by molar-refractivity contribution is 0.282. The van der Waals surface area contributed by atoms with Crippen molar-refractivity contribution in [3.63, 3.8) is 0 Å². The van der Waals surface area contributed by atoms with Crippen LogP contribution in [0.2, 0.25) is 0 Å². The predicted molar refractivity (Wildman–Crippen MR) is 240 cm³/mol. The van der Waals surface area contributed by atoms with Crippen molar-refractivity contribution in [1.29, 1.82) is 10.5 Å². The quantitative estimate of drug-likeness (QED) is 0.140. The average Bonchev–Trinajstić information content (AvgIpc) is 3.28. The molecule has 0 spiro atoms. The summed E-state index contributed by atoms with van der Waals surface area (Å²) in [6.45, 7) is 0.400. The molecule has 2 aliphatic heterocycles. The lowest BCUT2D eigenvalue weighted by Crippen LogP contribution is -2.21. The molecule has 2 heterocycles. The van der Waals surface area contributed by atoms with E-state index < -0.39 is 11.8 Å². The van der Waals surface area contributed by atoms with Gasteiger partial charge in [-0.15, -0.1) is 0 Å². The Hall–Kier alpha value is -7.12. The van der Waals surface area contributed by atoms with Gasteiger partial charge < -0.3 is 40.3 Å². The Bertz CT molecular complexity index is 3010. The van der Waals surface area contributed by atoms with E-state index in [-0.39, 0.29) is 17.5 Å². The molecule has 0 aromatic heterocycles. The third-order valence-corrected chi connectivity index (χ3v) is 11.8. The number of allylic oxidation sites excluding steroid dienone is 2. The van der Waals surface area contributed by atoms with Gasteiger partial charge in [0.05, 0.1) is 35.0 Å². The normalized spacial score (nSPS) is 15.2. The summed E-state index contributed by atoms with van der Waals surface area (Å²) in [5, 5.41) is 33.7. The van der Waals surface area contributed by atoms with Gasteiger partial charge in [0.1, 0.15) is 41.4 Å². The largest absolute Gasteiger partial charge is 0.503 e. The number of hydrogen-bond acceptors (Lipinski definition) is 10. The van der Waals surface area contributed by atoms with Gasteiger partial charge in [-0.2, -0.15) is 10.5 Å². The molecule has 7 aromatic carbocycles. The molecule has 0 aliphatic carbocycles. The fourth-order valence-corrected chi connectivity index (χ4v) is 8.79. The number of phenolic OH excluding ortho intramolecular Hbond substituents is 1. The number of hydrogen-bond donors (Lipinski definition) is 3. The molecule has 0 radical (unpaired) electrons. The minimum absolute atomic E-state index is 0.00232. The van der Waals surface area contributed by atoms with E-state index in [0.717, 1.165) is 53.8 Å². The topological polar surface area (TPSA) is 166 Å².